The Morgan fingerprint density at radius 1 is 1.08 bits per heavy atom. The van der Waals surface area contributed by atoms with Gasteiger partial charge in [-0.3, -0.25) is 0 Å². The van der Waals surface area contributed by atoms with E-state index >= 15 is 0 Å². The molecule has 1 heterocycles. The zero-order valence-corrected chi connectivity index (χ0v) is 14.9. The Morgan fingerprint density at radius 3 is 2.50 bits per heavy atom. The lowest BCUT2D eigenvalue weighted by molar-refractivity contribution is 0.520. The molecule has 1 aliphatic rings. The summed E-state index contributed by atoms with van der Waals surface area (Å²) < 4.78 is 25.5. The first-order valence-corrected chi connectivity index (χ1v) is 9.47. The highest BCUT2D eigenvalue weighted by Gasteiger charge is 2.18. The monoisotopic (exact) mass is 345 g/mol. The molecule has 2 aromatic carbocycles. The number of sulfonamides is 1. The molecule has 0 atom stereocenters. The van der Waals surface area contributed by atoms with Gasteiger partial charge in [0.1, 0.15) is 0 Å². The number of anilines is 1. The van der Waals surface area contributed by atoms with Crippen molar-refractivity contribution in [3.05, 3.63) is 59.7 Å². The number of hydrogen-bond donors (Lipinski definition) is 1. The SMILES string of the molecule is CN(C)S(=O)(=O)c1ccc(CN2CCNCc3ccccc32)cc1. The molecule has 3 rings (SSSR count). The molecule has 0 aromatic heterocycles. The molecular weight excluding hydrogens is 322 g/mol. The number of fused-ring (bicyclic) bond motifs is 1. The van der Waals surface area contributed by atoms with Gasteiger partial charge >= 0.3 is 0 Å². The van der Waals surface area contributed by atoms with Crippen LogP contribution in [0.3, 0.4) is 0 Å². The number of rotatable bonds is 4. The third-order valence-corrected chi connectivity index (χ3v) is 6.11. The summed E-state index contributed by atoms with van der Waals surface area (Å²) in [5, 5.41) is 3.43. The van der Waals surface area contributed by atoms with Crippen LogP contribution in [0, 0.1) is 0 Å². The molecule has 0 amide bonds. The molecule has 0 unspecified atom stereocenters. The third-order valence-electron chi connectivity index (χ3n) is 4.28. The van der Waals surface area contributed by atoms with E-state index < -0.39 is 10.0 Å². The summed E-state index contributed by atoms with van der Waals surface area (Å²) in [6.45, 7) is 3.50. The van der Waals surface area contributed by atoms with Crippen molar-refractivity contribution in [2.75, 3.05) is 32.1 Å². The Balaban J connectivity index is 1.82. The Kier molecular flexibility index (Phi) is 4.89. The van der Waals surface area contributed by atoms with E-state index in [4.69, 9.17) is 0 Å². The van der Waals surface area contributed by atoms with E-state index in [2.05, 4.69) is 34.5 Å². The molecule has 1 aliphatic heterocycles. The zero-order chi connectivity index (χ0) is 17.2. The molecule has 0 saturated carbocycles. The number of nitrogens with zero attached hydrogens (tertiary/aromatic N) is 2. The van der Waals surface area contributed by atoms with Gasteiger partial charge in [0, 0.05) is 46.0 Å². The van der Waals surface area contributed by atoms with Crippen LogP contribution < -0.4 is 10.2 Å². The summed E-state index contributed by atoms with van der Waals surface area (Å²) in [7, 11) is -0.279. The van der Waals surface area contributed by atoms with Gasteiger partial charge in [-0.15, -0.1) is 0 Å². The Morgan fingerprint density at radius 2 is 1.79 bits per heavy atom. The second-order valence-corrected chi connectivity index (χ2v) is 8.31. The summed E-state index contributed by atoms with van der Waals surface area (Å²) in [6, 6.07) is 15.6. The minimum absolute atomic E-state index is 0.328. The smallest absolute Gasteiger partial charge is 0.242 e. The van der Waals surface area contributed by atoms with E-state index in [-0.39, 0.29) is 0 Å². The molecule has 6 heteroatoms. The van der Waals surface area contributed by atoms with Crippen LogP contribution in [0.2, 0.25) is 0 Å². The molecule has 128 valence electrons. The predicted octanol–water partition coefficient (Wildman–Crippen LogP) is 2.05. The van der Waals surface area contributed by atoms with Crippen LogP contribution in [0.4, 0.5) is 5.69 Å². The Labute approximate surface area is 144 Å². The maximum Gasteiger partial charge on any atom is 0.242 e. The number of nitrogens with one attached hydrogen (secondary N) is 1. The van der Waals surface area contributed by atoms with Crippen LogP contribution in [0.1, 0.15) is 11.1 Å². The fourth-order valence-electron chi connectivity index (χ4n) is 2.89. The van der Waals surface area contributed by atoms with Crippen molar-refractivity contribution < 1.29 is 8.42 Å². The highest BCUT2D eigenvalue weighted by atomic mass is 32.2. The van der Waals surface area contributed by atoms with Crippen LogP contribution in [-0.2, 0) is 23.1 Å². The molecule has 0 bridgehead atoms. The second kappa shape index (κ2) is 6.93. The molecule has 0 radical (unpaired) electrons. The summed E-state index contributed by atoms with van der Waals surface area (Å²) in [5.74, 6) is 0. The molecule has 2 aromatic rings. The number of hydrogen-bond acceptors (Lipinski definition) is 4. The van der Waals surface area contributed by atoms with Gasteiger partial charge in [-0.1, -0.05) is 30.3 Å². The summed E-state index contributed by atoms with van der Waals surface area (Å²) in [6.07, 6.45) is 0. The lowest BCUT2D eigenvalue weighted by atomic mass is 10.1. The van der Waals surface area contributed by atoms with Crippen LogP contribution in [0.15, 0.2) is 53.4 Å². The average molecular weight is 345 g/mol. The molecule has 0 fully saturated rings. The van der Waals surface area contributed by atoms with Gasteiger partial charge < -0.3 is 10.2 Å². The van der Waals surface area contributed by atoms with Crippen LogP contribution >= 0.6 is 0 Å². The van der Waals surface area contributed by atoms with Crippen molar-refractivity contribution in [1.29, 1.82) is 0 Å². The first-order valence-electron chi connectivity index (χ1n) is 8.03. The van der Waals surface area contributed by atoms with E-state index in [1.807, 2.05) is 12.1 Å². The maximum atomic E-state index is 12.1. The molecular formula is C18H23N3O2S. The molecule has 0 aliphatic carbocycles. The van der Waals surface area contributed by atoms with Crippen molar-refractivity contribution in [3.8, 4) is 0 Å². The summed E-state index contributed by atoms with van der Waals surface area (Å²) >= 11 is 0. The predicted molar refractivity (Wildman–Crippen MR) is 96.5 cm³/mol. The highest BCUT2D eigenvalue weighted by molar-refractivity contribution is 7.89. The fraction of sp³-hybridized carbons (Fsp3) is 0.333. The van der Waals surface area contributed by atoms with Crippen molar-refractivity contribution >= 4 is 15.7 Å². The number of benzene rings is 2. The molecule has 24 heavy (non-hydrogen) atoms. The van der Waals surface area contributed by atoms with Crippen molar-refractivity contribution in [1.82, 2.24) is 9.62 Å². The summed E-state index contributed by atoms with van der Waals surface area (Å²) in [4.78, 5) is 2.67. The highest BCUT2D eigenvalue weighted by Crippen LogP contribution is 2.24. The zero-order valence-electron chi connectivity index (χ0n) is 14.1. The van der Waals surface area contributed by atoms with E-state index in [0.29, 0.717) is 4.90 Å². The average Bonchev–Trinajstić information content (AvgIpc) is 2.78. The molecule has 5 nitrogen and oxygen atoms in total. The van der Waals surface area contributed by atoms with Crippen molar-refractivity contribution in [2.45, 2.75) is 18.0 Å². The molecule has 0 spiro atoms. The molecule has 0 saturated heterocycles. The lowest BCUT2D eigenvalue weighted by Gasteiger charge is -2.24. The van der Waals surface area contributed by atoms with Gasteiger partial charge in [0.15, 0.2) is 0 Å². The largest absolute Gasteiger partial charge is 0.366 e. The Bertz CT molecular complexity index is 801. The topological polar surface area (TPSA) is 52.7 Å². The fourth-order valence-corrected chi connectivity index (χ4v) is 3.79. The van der Waals surface area contributed by atoms with Gasteiger partial charge in [-0.2, -0.15) is 0 Å². The van der Waals surface area contributed by atoms with Gasteiger partial charge in [-0.25, -0.2) is 12.7 Å². The minimum Gasteiger partial charge on any atom is -0.366 e. The minimum atomic E-state index is -3.37. The van der Waals surface area contributed by atoms with Crippen LogP contribution in [0.5, 0.6) is 0 Å². The van der Waals surface area contributed by atoms with E-state index in [0.717, 1.165) is 31.7 Å². The third kappa shape index (κ3) is 3.45. The first-order chi connectivity index (χ1) is 11.5. The first kappa shape index (κ1) is 17.0. The standard InChI is InChI=1S/C18H23N3O2S/c1-20(2)24(22,23)17-9-7-15(8-10-17)14-21-12-11-19-13-16-5-3-4-6-18(16)21/h3-10,19H,11-14H2,1-2H3. The van der Waals surface area contributed by atoms with Gasteiger partial charge in [0.25, 0.3) is 0 Å². The van der Waals surface area contributed by atoms with Crippen molar-refractivity contribution in [3.63, 3.8) is 0 Å². The lowest BCUT2D eigenvalue weighted by Crippen LogP contribution is -2.28. The van der Waals surface area contributed by atoms with E-state index in [9.17, 15) is 8.42 Å². The van der Waals surface area contributed by atoms with E-state index in [1.54, 1.807) is 26.2 Å². The normalized spacial score (nSPS) is 15.2. The van der Waals surface area contributed by atoms with Crippen LogP contribution in [-0.4, -0.2) is 39.9 Å². The second-order valence-electron chi connectivity index (χ2n) is 6.16. The Hall–Kier alpha value is -1.89. The van der Waals surface area contributed by atoms with Crippen molar-refractivity contribution in [2.24, 2.45) is 0 Å². The van der Waals surface area contributed by atoms with E-state index in [1.165, 1.54) is 15.6 Å². The van der Waals surface area contributed by atoms with Gasteiger partial charge in [0.05, 0.1) is 4.90 Å². The summed E-state index contributed by atoms with van der Waals surface area (Å²) in [5.41, 5.74) is 3.64. The van der Waals surface area contributed by atoms with Gasteiger partial charge in [-0.05, 0) is 29.3 Å². The quantitative estimate of drug-likeness (QED) is 0.921. The van der Waals surface area contributed by atoms with Crippen LogP contribution in [0.25, 0.3) is 0 Å². The molecule has 1 N–H and O–H groups in total. The number of para-hydroxylation sites is 1. The maximum absolute atomic E-state index is 12.1. The van der Waals surface area contributed by atoms with Gasteiger partial charge in [0.2, 0.25) is 10.0 Å².